The molecule has 0 unspecified atom stereocenters. The van der Waals surface area contributed by atoms with Crippen molar-refractivity contribution in [3.05, 3.63) is 82.8 Å². The second-order valence-corrected chi connectivity index (χ2v) is 9.15. The topological polar surface area (TPSA) is 77.3 Å². The van der Waals surface area contributed by atoms with Crippen molar-refractivity contribution in [2.24, 2.45) is 0 Å². The van der Waals surface area contributed by atoms with Crippen LogP contribution in [0.3, 0.4) is 0 Å². The van der Waals surface area contributed by atoms with Crippen LogP contribution >= 0.6 is 11.6 Å². The number of carbonyl (C=O) groups is 1. The third-order valence-electron chi connectivity index (χ3n) is 6.34. The quantitative estimate of drug-likeness (QED) is 0.369. The number of aromatic nitrogens is 1. The minimum atomic E-state index is -0.145. The zero-order chi connectivity index (χ0) is 24.5. The predicted octanol–water partition coefficient (Wildman–Crippen LogP) is 4.89. The molecule has 1 fully saturated rings. The van der Waals surface area contributed by atoms with E-state index in [4.69, 9.17) is 35.2 Å². The van der Waals surface area contributed by atoms with Crippen molar-refractivity contribution >= 4 is 34.2 Å². The van der Waals surface area contributed by atoms with E-state index in [0.717, 1.165) is 35.4 Å². The molecule has 36 heavy (non-hydrogen) atoms. The number of amides is 1. The van der Waals surface area contributed by atoms with Gasteiger partial charge in [-0.2, -0.15) is 0 Å². The van der Waals surface area contributed by atoms with Crippen LogP contribution in [0.4, 0.5) is 5.82 Å². The van der Waals surface area contributed by atoms with E-state index in [1.165, 1.54) is 0 Å². The van der Waals surface area contributed by atoms with Crippen LogP contribution in [0.1, 0.15) is 21.7 Å². The fraction of sp³-hybridized carbons (Fsp3) is 0.259. The maximum atomic E-state index is 13.8. The number of pyridine rings is 1. The first kappa shape index (κ1) is 22.7. The number of morpholine rings is 1. The number of benzene rings is 2. The Morgan fingerprint density at radius 2 is 1.86 bits per heavy atom. The number of hydrogen-bond donors (Lipinski definition) is 0. The highest BCUT2D eigenvalue weighted by Gasteiger charge is 2.25. The van der Waals surface area contributed by atoms with Crippen LogP contribution in [0.5, 0.6) is 11.5 Å². The average Bonchev–Trinajstić information content (AvgIpc) is 3.60. The van der Waals surface area contributed by atoms with Crippen molar-refractivity contribution in [2.75, 3.05) is 38.0 Å². The lowest BCUT2D eigenvalue weighted by Gasteiger charge is -2.31. The summed E-state index contributed by atoms with van der Waals surface area (Å²) in [5.41, 5.74) is 2.26. The van der Waals surface area contributed by atoms with Crippen LogP contribution < -0.4 is 14.4 Å². The minimum Gasteiger partial charge on any atom is -0.467 e. The summed E-state index contributed by atoms with van der Waals surface area (Å²) in [4.78, 5) is 22.7. The smallest absolute Gasteiger partial charge is 0.254 e. The second-order valence-electron chi connectivity index (χ2n) is 8.72. The van der Waals surface area contributed by atoms with Crippen molar-refractivity contribution in [1.82, 2.24) is 9.88 Å². The molecule has 0 saturated carbocycles. The Kier molecular flexibility index (Phi) is 6.13. The lowest BCUT2D eigenvalue weighted by Crippen LogP contribution is -2.38. The average molecular weight is 506 g/mol. The third-order valence-corrected chi connectivity index (χ3v) is 6.58. The molecule has 1 amide bonds. The second kappa shape index (κ2) is 9.72. The van der Waals surface area contributed by atoms with E-state index in [1.807, 2.05) is 30.3 Å². The SMILES string of the molecule is O=C(c1ccc2c(c1)OCO2)N(Cc1ccco1)Cc1cc2ccc(Cl)cc2nc1N1CCOCC1. The molecule has 0 bridgehead atoms. The molecule has 6 rings (SSSR count). The first-order chi connectivity index (χ1) is 17.6. The van der Waals surface area contributed by atoms with E-state index < -0.39 is 0 Å². The highest BCUT2D eigenvalue weighted by atomic mass is 35.5. The highest BCUT2D eigenvalue weighted by Crippen LogP contribution is 2.34. The summed E-state index contributed by atoms with van der Waals surface area (Å²) < 4.78 is 22.1. The standard InChI is InChI=1S/C27H24ClN3O5/c28-21-5-3-18-12-20(26(29-23(18)14-21)30-7-10-33-11-8-30)15-31(16-22-2-1-9-34-22)27(32)19-4-6-24-25(13-19)36-17-35-24/h1-6,9,12-14H,7-8,10-11,15-17H2. The Balaban J connectivity index is 1.39. The molecule has 8 nitrogen and oxygen atoms in total. The fourth-order valence-electron chi connectivity index (χ4n) is 4.55. The van der Waals surface area contributed by atoms with Gasteiger partial charge in [0.15, 0.2) is 11.5 Å². The van der Waals surface area contributed by atoms with Crippen LogP contribution in [0.2, 0.25) is 5.02 Å². The lowest BCUT2D eigenvalue weighted by atomic mass is 10.1. The van der Waals surface area contributed by atoms with Crippen LogP contribution in [0, 0.1) is 0 Å². The number of hydrogen-bond acceptors (Lipinski definition) is 7. The van der Waals surface area contributed by atoms with Crippen LogP contribution in [0.15, 0.2) is 65.3 Å². The number of anilines is 1. The molecule has 2 aliphatic heterocycles. The Hall–Kier alpha value is -3.75. The monoisotopic (exact) mass is 505 g/mol. The fourth-order valence-corrected chi connectivity index (χ4v) is 4.71. The van der Waals surface area contributed by atoms with E-state index in [0.29, 0.717) is 54.1 Å². The van der Waals surface area contributed by atoms with Crippen LogP contribution in [-0.2, 0) is 17.8 Å². The Bertz CT molecular complexity index is 1400. The van der Waals surface area contributed by atoms with E-state index in [9.17, 15) is 4.79 Å². The largest absolute Gasteiger partial charge is 0.467 e. The van der Waals surface area contributed by atoms with Crippen molar-refractivity contribution < 1.29 is 23.4 Å². The molecule has 1 saturated heterocycles. The Labute approximate surface area is 212 Å². The summed E-state index contributed by atoms with van der Waals surface area (Å²) in [7, 11) is 0. The van der Waals surface area contributed by atoms with Crippen molar-refractivity contribution in [2.45, 2.75) is 13.1 Å². The highest BCUT2D eigenvalue weighted by molar-refractivity contribution is 6.31. The van der Waals surface area contributed by atoms with Crippen molar-refractivity contribution in [3.8, 4) is 11.5 Å². The summed E-state index contributed by atoms with van der Waals surface area (Å²) in [6.45, 7) is 3.50. The minimum absolute atomic E-state index is 0.145. The first-order valence-corrected chi connectivity index (χ1v) is 12.1. The lowest BCUT2D eigenvalue weighted by molar-refractivity contribution is 0.0717. The molecule has 4 aromatic rings. The molecule has 0 atom stereocenters. The summed E-state index contributed by atoms with van der Waals surface area (Å²) in [5, 5.41) is 1.59. The molecule has 9 heteroatoms. The van der Waals surface area contributed by atoms with Gasteiger partial charge >= 0.3 is 0 Å². The van der Waals surface area contributed by atoms with Gasteiger partial charge in [-0.1, -0.05) is 17.7 Å². The van der Waals surface area contributed by atoms with Crippen LogP contribution in [0.25, 0.3) is 10.9 Å². The molecular weight excluding hydrogens is 482 g/mol. The Morgan fingerprint density at radius 3 is 2.69 bits per heavy atom. The van der Waals surface area contributed by atoms with Gasteiger partial charge in [-0.05, 0) is 48.5 Å². The normalized spacial score (nSPS) is 14.9. The molecule has 0 aliphatic carbocycles. The number of fused-ring (bicyclic) bond motifs is 2. The van der Waals surface area contributed by atoms with E-state index in [2.05, 4.69) is 11.0 Å². The zero-order valence-electron chi connectivity index (χ0n) is 19.5. The number of rotatable bonds is 6. The summed E-state index contributed by atoms with van der Waals surface area (Å²) in [6, 6.07) is 16.7. The van der Waals surface area contributed by atoms with Crippen molar-refractivity contribution in [3.63, 3.8) is 0 Å². The van der Waals surface area contributed by atoms with E-state index >= 15 is 0 Å². The number of halogens is 1. The van der Waals surface area contributed by atoms with Gasteiger partial charge < -0.3 is 28.4 Å². The van der Waals surface area contributed by atoms with E-state index in [-0.39, 0.29) is 12.7 Å². The van der Waals surface area contributed by atoms with Crippen molar-refractivity contribution in [1.29, 1.82) is 0 Å². The molecular formula is C27H24ClN3O5. The maximum Gasteiger partial charge on any atom is 0.254 e. The number of ether oxygens (including phenoxy) is 3. The number of nitrogens with zero attached hydrogens (tertiary/aromatic N) is 3. The number of furan rings is 1. The molecule has 0 spiro atoms. The zero-order valence-corrected chi connectivity index (χ0v) is 20.2. The summed E-state index contributed by atoms with van der Waals surface area (Å²) in [6.07, 6.45) is 1.61. The molecule has 2 aromatic heterocycles. The number of carbonyl (C=O) groups excluding carboxylic acids is 1. The molecule has 4 heterocycles. The van der Waals surface area contributed by atoms with Gasteiger partial charge in [0.05, 0.1) is 38.1 Å². The summed E-state index contributed by atoms with van der Waals surface area (Å²) in [5.74, 6) is 2.58. The van der Waals surface area contributed by atoms with Crippen LogP contribution in [-0.4, -0.2) is 48.9 Å². The molecule has 0 N–H and O–H groups in total. The third kappa shape index (κ3) is 4.57. The van der Waals surface area contributed by atoms with Gasteiger partial charge in [-0.15, -0.1) is 0 Å². The molecule has 2 aliphatic rings. The molecule has 2 aromatic carbocycles. The molecule has 0 radical (unpaired) electrons. The predicted molar refractivity (Wildman–Crippen MR) is 135 cm³/mol. The first-order valence-electron chi connectivity index (χ1n) is 11.8. The maximum absolute atomic E-state index is 13.8. The molecule has 184 valence electrons. The van der Waals surface area contributed by atoms with Gasteiger partial charge in [0.2, 0.25) is 6.79 Å². The van der Waals surface area contributed by atoms with Gasteiger partial charge in [0, 0.05) is 34.6 Å². The van der Waals surface area contributed by atoms with Gasteiger partial charge in [0.1, 0.15) is 11.6 Å². The van der Waals surface area contributed by atoms with Gasteiger partial charge in [-0.25, -0.2) is 4.98 Å². The Morgan fingerprint density at radius 1 is 1.00 bits per heavy atom. The van der Waals surface area contributed by atoms with E-state index in [1.54, 1.807) is 29.4 Å². The van der Waals surface area contributed by atoms with Gasteiger partial charge in [-0.3, -0.25) is 4.79 Å². The van der Waals surface area contributed by atoms with Gasteiger partial charge in [0.25, 0.3) is 5.91 Å². The summed E-state index contributed by atoms with van der Waals surface area (Å²) >= 11 is 6.25.